The fourth-order valence-corrected chi connectivity index (χ4v) is 1.65. The fourth-order valence-electron chi connectivity index (χ4n) is 1.65. The van der Waals surface area contributed by atoms with Crippen molar-refractivity contribution in [1.29, 1.82) is 0 Å². The van der Waals surface area contributed by atoms with Crippen molar-refractivity contribution in [2.24, 2.45) is 11.7 Å². The summed E-state index contributed by atoms with van der Waals surface area (Å²) >= 11 is 0. The van der Waals surface area contributed by atoms with Crippen LogP contribution in [0.5, 0.6) is 5.75 Å². The average Bonchev–Trinajstić information content (AvgIpc) is 2.29. The summed E-state index contributed by atoms with van der Waals surface area (Å²) in [6.45, 7) is 3.74. The van der Waals surface area contributed by atoms with E-state index in [9.17, 15) is 23.1 Å². The van der Waals surface area contributed by atoms with Crippen LogP contribution in [0.25, 0.3) is 0 Å². The number of carbonyl (C=O) groups is 1. The van der Waals surface area contributed by atoms with Gasteiger partial charge in [0.2, 0.25) is 5.91 Å². The van der Waals surface area contributed by atoms with Crippen molar-refractivity contribution in [3.8, 4) is 5.75 Å². The predicted octanol–water partition coefficient (Wildman–Crippen LogP) is 2.72. The summed E-state index contributed by atoms with van der Waals surface area (Å²) in [6, 6.07) is 1.45. The number of nitrogens with one attached hydrogen (secondary N) is 1. The third-order valence-corrected chi connectivity index (χ3v) is 2.64. The molecular formula is C13H17F3N2O2. The molecule has 7 heteroatoms. The van der Waals surface area contributed by atoms with Crippen LogP contribution in [0, 0.1) is 5.92 Å². The highest BCUT2D eigenvalue weighted by Gasteiger charge is 2.31. The molecule has 0 spiro atoms. The quantitative estimate of drug-likeness (QED) is 0.746. The van der Waals surface area contributed by atoms with Gasteiger partial charge in [-0.3, -0.25) is 4.79 Å². The Morgan fingerprint density at radius 2 is 2.00 bits per heavy atom. The number of halogens is 3. The van der Waals surface area contributed by atoms with Crippen LogP contribution in [0.3, 0.4) is 0 Å². The molecule has 4 N–H and O–H groups in total. The first-order valence-corrected chi connectivity index (χ1v) is 6.08. The van der Waals surface area contributed by atoms with Crippen molar-refractivity contribution in [2.45, 2.75) is 32.5 Å². The molecule has 4 nitrogen and oxygen atoms in total. The molecule has 20 heavy (non-hydrogen) atoms. The van der Waals surface area contributed by atoms with Crippen LogP contribution in [0.15, 0.2) is 18.2 Å². The molecule has 0 aliphatic rings. The Morgan fingerprint density at radius 3 is 2.50 bits per heavy atom. The van der Waals surface area contributed by atoms with E-state index in [1.807, 2.05) is 13.8 Å². The average molecular weight is 290 g/mol. The second kappa shape index (κ2) is 6.13. The van der Waals surface area contributed by atoms with Gasteiger partial charge in [0.15, 0.2) is 0 Å². The molecule has 0 radical (unpaired) electrons. The van der Waals surface area contributed by atoms with E-state index >= 15 is 0 Å². The molecule has 0 heterocycles. The van der Waals surface area contributed by atoms with Crippen molar-refractivity contribution >= 4 is 11.6 Å². The van der Waals surface area contributed by atoms with Gasteiger partial charge in [-0.2, -0.15) is 13.2 Å². The monoisotopic (exact) mass is 290 g/mol. The van der Waals surface area contributed by atoms with Crippen molar-refractivity contribution in [1.82, 2.24) is 0 Å². The highest BCUT2D eigenvalue weighted by molar-refractivity contribution is 5.96. The van der Waals surface area contributed by atoms with Gasteiger partial charge < -0.3 is 16.2 Å². The van der Waals surface area contributed by atoms with E-state index in [1.54, 1.807) is 0 Å². The van der Waals surface area contributed by atoms with E-state index in [4.69, 9.17) is 5.73 Å². The number of benzene rings is 1. The first-order valence-electron chi connectivity index (χ1n) is 6.08. The molecular weight excluding hydrogens is 273 g/mol. The molecule has 0 unspecified atom stereocenters. The van der Waals surface area contributed by atoms with Crippen LogP contribution in [0.4, 0.5) is 18.9 Å². The molecule has 0 bridgehead atoms. The maximum Gasteiger partial charge on any atom is 0.416 e. The Hall–Kier alpha value is -1.76. The predicted molar refractivity (Wildman–Crippen MR) is 69.2 cm³/mol. The van der Waals surface area contributed by atoms with E-state index in [0.29, 0.717) is 12.5 Å². The zero-order chi connectivity index (χ0) is 15.5. The Morgan fingerprint density at radius 1 is 1.40 bits per heavy atom. The van der Waals surface area contributed by atoms with E-state index in [1.165, 1.54) is 0 Å². The minimum Gasteiger partial charge on any atom is -0.506 e. The molecule has 0 saturated carbocycles. The van der Waals surface area contributed by atoms with Gasteiger partial charge in [-0.15, -0.1) is 0 Å². The van der Waals surface area contributed by atoms with Gasteiger partial charge in [0.25, 0.3) is 0 Å². The summed E-state index contributed by atoms with van der Waals surface area (Å²) < 4.78 is 37.6. The maximum atomic E-state index is 12.5. The highest BCUT2D eigenvalue weighted by atomic mass is 19.4. The molecule has 1 amide bonds. The van der Waals surface area contributed by atoms with E-state index in [2.05, 4.69) is 5.32 Å². The van der Waals surface area contributed by atoms with E-state index < -0.39 is 29.4 Å². The van der Waals surface area contributed by atoms with E-state index in [-0.39, 0.29) is 11.6 Å². The number of amides is 1. The smallest absolute Gasteiger partial charge is 0.416 e. The fraction of sp³-hybridized carbons (Fsp3) is 0.462. The summed E-state index contributed by atoms with van der Waals surface area (Å²) in [5, 5.41) is 11.7. The number of alkyl halides is 3. The molecule has 0 saturated heterocycles. The molecule has 0 aromatic heterocycles. The van der Waals surface area contributed by atoms with Crippen molar-refractivity contribution < 1.29 is 23.1 Å². The summed E-state index contributed by atoms with van der Waals surface area (Å²) in [6.07, 6.45) is -4.15. The molecule has 1 rings (SSSR count). The number of aromatic hydroxyl groups is 1. The molecule has 1 aromatic rings. The summed E-state index contributed by atoms with van der Waals surface area (Å²) in [5.41, 5.74) is 4.37. The largest absolute Gasteiger partial charge is 0.506 e. The molecule has 112 valence electrons. The number of hydrogen-bond donors (Lipinski definition) is 3. The zero-order valence-corrected chi connectivity index (χ0v) is 11.2. The lowest BCUT2D eigenvalue weighted by atomic mass is 10.0. The lowest BCUT2D eigenvalue weighted by Gasteiger charge is -2.16. The summed E-state index contributed by atoms with van der Waals surface area (Å²) in [5.74, 6) is -0.901. The normalized spacial score (nSPS) is 13.3. The van der Waals surface area contributed by atoms with Gasteiger partial charge in [-0.05, 0) is 30.5 Å². The lowest BCUT2D eigenvalue weighted by Crippen LogP contribution is -2.36. The Bertz CT molecular complexity index is 487. The number of hydrogen-bond acceptors (Lipinski definition) is 3. The van der Waals surface area contributed by atoms with Crippen LogP contribution in [-0.2, 0) is 11.0 Å². The SMILES string of the molecule is CC(C)C[C@@H](N)C(=O)Nc1cc(C(F)(F)F)ccc1O. The van der Waals surface area contributed by atoms with Gasteiger partial charge in [0.1, 0.15) is 5.75 Å². The molecule has 0 fully saturated rings. The minimum absolute atomic E-state index is 0.172. The number of phenols is 1. The number of anilines is 1. The molecule has 0 aliphatic heterocycles. The lowest BCUT2D eigenvalue weighted by molar-refractivity contribution is -0.137. The van der Waals surface area contributed by atoms with Crippen molar-refractivity contribution in [2.75, 3.05) is 5.32 Å². The highest BCUT2D eigenvalue weighted by Crippen LogP contribution is 2.34. The van der Waals surface area contributed by atoms with Crippen molar-refractivity contribution in [3.63, 3.8) is 0 Å². The topological polar surface area (TPSA) is 75.4 Å². The standard InChI is InChI=1S/C13H17F3N2O2/c1-7(2)5-9(17)12(20)18-10-6-8(13(14,15)16)3-4-11(10)19/h3-4,6-7,9,19H,5,17H2,1-2H3,(H,18,20)/t9-/m1/s1. The molecule has 1 atom stereocenters. The first-order chi connectivity index (χ1) is 9.11. The maximum absolute atomic E-state index is 12.5. The Kier molecular flexibility index (Phi) is 4.99. The van der Waals surface area contributed by atoms with Crippen LogP contribution in [0.1, 0.15) is 25.8 Å². The number of rotatable bonds is 4. The first kappa shape index (κ1) is 16.3. The van der Waals surface area contributed by atoms with Crippen LogP contribution in [-0.4, -0.2) is 17.1 Å². The summed E-state index contributed by atoms with van der Waals surface area (Å²) in [4.78, 5) is 11.7. The zero-order valence-electron chi connectivity index (χ0n) is 11.2. The van der Waals surface area contributed by atoms with Crippen molar-refractivity contribution in [3.05, 3.63) is 23.8 Å². The number of nitrogens with two attached hydrogens (primary N) is 1. The van der Waals surface area contributed by atoms with Gasteiger partial charge in [0.05, 0.1) is 17.3 Å². The molecule has 1 aromatic carbocycles. The Balaban J connectivity index is 2.89. The van der Waals surface area contributed by atoms with Gasteiger partial charge in [0, 0.05) is 0 Å². The van der Waals surface area contributed by atoms with E-state index in [0.717, 1.165) is 12.1 Å². The van der Waals surface area contributed by atoms with Gasteiger partial charge in [-0.1, -0.05) is 13.8 Å². The second-order valence-electron chi connectivity index (χ2n) is 4.95. The molecule has 0 aliphatic carbocycles. The number of phenolic OH excluding ortho intramolecular Hbond substituents is 1. The second-order valence-corrected chi connectivity index (χ2v) is 4.95. The minimum atomic E-state index is -4.55. The third-order valence-electron chi connectivity index (χ3n) is 2.64. The van der Waals surface area contributed by atoms with Crippen LogP contribution in [0.2, 0.25) is 0 Å². The van der Waals surface area contributed by atoms with Gasteiger partial charge >= 0.3 is 6.18 Å². The Labute approximate surface area is 114 Å². The third kappa shape index (κ3) is 4.41. The van der Waals surface area contributed by atoms with Crippen LogP contribution < -0.4 is 11.1 Å². The van der Waals surface area contributed by atoms with Gasteiger partial charge in [-0.25, -0.2) is 0 Å². The number of carbonyl (C=O) groups excluding carboxylic acids is 1. The summed E-state index contributed by atoms with van der Waals surface area (Å²) in [7, 11) is 0. The van der Waals surface area contributed by atoms with Crippen LogP contribution >= 0.6 is 0 Å².